The molecule has 1 aromatic rings. The number of hydrogen-bond donors (Lipinski definition) is 0. The van der Waals surface area contributed by atoms with Crippen molar-refractivity contribution in [3.63, 3.8) is 0 Å². The number of nitrogens with zero attached hydrogens (tertiary/aromatic N) is 1. The quantitative estimate of drug-likeness (QED) is 0.757. The standard InChI is InChI=1S/C15H19BrFNO/c16-9-10-18(13-6-2-3-7-13)15(19)11-12-5-1-4-8-14(12)17/h1,4-5,8,13H,2-3,6-7,9-11H2. The van der Waals surface area contributed by atoms with Gasteiger partial charge in [-0.25, -0.2) is 4.39 Å². The Bertz CT molecular complexity index is 432. The van der Waals surface area contributed by atoms with Crippen LogP contribution in [0.1, 0.15) is 31.2 Å². The third-order valence-corrected chi connectivity index (χ3v) is 4.07. The maximum Gasteiger partial charge on any atom is 0.227 e. The molecule has 19 heavy (non-hydrogen) atoms. The van der Waals surface area contributed by atoms with Crippen LogP contribution in [0.15, 0.2) is 24.3 Å². The van der Waals surface area contributed by atoms with E-state index in [4.69, 9.17) is 0 Å². The van der Waals surface area contributed by atoms with Crippen LogP contribution in [-0.2, 0) is 11.2 Å². The first-order valence-electron chi connectivity index (χ1n) is 6.81. The fourth-order valence-electron chi connectivity index (χ4n) is 2.72. The average Bonchev–Trinajstić information content (AvgIpc) is 2.92. The van der Waals surface area contributed by atoms with Gasteiger partial charge in [0, 0.05) is 17.9 Å². The smallest absolute Gasteiger partial charge is 0.227 e. The Morgan fingerprint density at radius 2 is 2.00 bits per heavy atom. The minimum atomic E-state index is -0.291. The molecule has 0 saturated heterocycles. The molecule has 0 bridgehead atoms. The predicted molar refractivity (Wildman–Crippen MR) is 77.9 cm³/mol. The molecule has 0 N–H and O–H groups in total. The summed E-state index contributed by atoms with van der Waals surface area (Å²) in [5, 5.41) is 0.770. The second-order valence-corrected chi connectivity index (χ2v) is 5.78. The molecule has 2 rings (SSSR count). The summed E-state index contributed by atoms with van der Waals surface area (Å²) in [5.74, 6) is -0.252. The van der Waals surface area contributed by atoms with Gasteiger partial charge in [-0.2, -0.15) is 0 Å². The molecule has 1 aliphatic rings. The number of alkyl halides is 1. The molecular formula is C15H19BrFNO. The van der Waals surface area contributed by atoms with E-state index in [1.54, 1.807) is 18.2 Å². The van der Waals surface area contributed by atoms with E-state index in [1.165, 1.54) is 18.9 Å². The fourth-order valence-corrected chi connectivity index (χ4v) is 3.11. The second kappa shape index (κ2) is 7.04. The zero-order valence-electron chi connectivity index (χ0n) is 10.9. The Kier molecular flexibility index (Phi) is 5.37. The van der Waals surface area contributed by atoms with Crippen molar-refractivity contribution in [2.24, 2.45) is 0 Å². The third kappa shape index (κ3) is 3.78. The topological polar surface area (TPSA) is 20.3 Å². The first-order chi connectivity index (χ1) is 9.22. The van der Waals surface area contributed by atoms with Crippen LogP contribution < -0.4 is 0 Å². The monoisotopic (exact) mass is 327 g/mol. The first-order valence-corrected chi connectivity index (χ1v) is 7.93. The number of carbonyl (C=O) groups is 1. The molecule has 104 valence electrons. The van der Waals surface area contributed by atoms with Crippen molar-refractivity contribution in [3.8, 4) is 0 Å². The van der Waals surface area contributed by atoms with Crippen molar-refractivity contribution in [1.82, 2.24) is 4.90 Å². The molecule has 1 aliphatic carbocycles. The summed E-state index contributed by atoms with van der Waals surface area (Å²) < 4.78 is 13.6. The Morgan fingerprint density at radius 3 is 2.63 bits per heavy atom. The summed E-state index contributed by atoms with van der Waals surface area (Å²) in [5.41, 5.74) is 0.491. The highest BCUT2D eigenvalue weighted by molar-refractivity contribution is 9.09. The normalized spacial score (nSPS) is 15.7. The summed E-state index contributed by atoms with van der Waals surface area (Å²) in [7, 11) is 0. The lowest BCUT2D eigenvalue weighted by atomic mass is 10.1. The van der Waals surface area contributed by atoms with Gasteiger partial charge in [0.05, 0.1) is 6.42 Å². The lowest BCUT2D eigenvalue weighted by Crippen LogP contribution is -2.41. The van der Waals surface area contributed by atoms with Crippen molar-refractivity contribution in [3.05, 3.63) is 35.6 Å². The number of hydrogen-bond acceptors (Lipinski definition) is 1. The zero-order chi connectivity index (χ0) is 13.7. The molecule has 4 heteroatoms. The van der Waals surface area contributed by atoms with Crippen LogP contribution in [0.25, 0.3) is 0 Å². The Labute approximate surface area is 122 Å². The van der Waals surface area contributed by atoms with Crippen molar-refractivity contribution < 1.29 is 9.18 Å². The van der Waals surface area contributed by atoms with Crippen LogP contribution in [0.3, 0.4) is 0 Å². The van der Waals surface area contributed by atoms with E-state index in [1.807, 2.05) is 4.90 Å². The van der Waals surface area contributed by atoms with E-state index in [0.717, 1.165) is 18.2 Å². The van der Waals surface area contributed by atoms with E-state index < -0.39 is 0 Å². The Balaban J connectivity index is 2.05. The van der Waals surface area contributed by atoms with Gasteiger partial charge in [0.1, 0.15) is 5.82 Å². The molecule has 1 fully saturated rings. The Hall–Kier alpha value is -0.900. The zero-order valence-corrected chi connectivity index (χ0v) is 12.5. The van der Waals surface area contributed by atoms with Gasteiger partial charge in [-0.3, -0.25) is 4.79 Å². The van der Waals surface area contributed by atoms with Crippen LogP contribution in [-0.4, -0.2) is 28.7 Å². The summed E-state index contributed by atoms with van der Waals surface area (Å²) in [6, 6.07) is 6.87. The molecule has 0 spiro atoms. The molecule has 1 amide bonds. The van der Waals surface area contributed by atoms with E-state index in [9.17, 15) is 9.18 Å². The molecule has 2 nitrogen and oxygen atoms in total. The van der Waals surface area contributed by atoms with Crippen LogP contribution >= 0.6 is 15.9 Å². The van der Waals surface area contributed by atoms with Crippen molar-refractivity contribution in [2.45, 2.75) is 38.1 Å². The summed E-state index contributed by atoms with van der Waals surface area (Å²) >= 11 is 3.40. The van der Waals surface area contributed by atoms with Gasteiger partial charge in [-0.1, -0.05) is 47.0 Å². The van der Waals surface area contributed by atoms with Crippen LogP contribution in [0.4, 0.5) is 4.39 Å². The van der Waals surface area contributed by atoms with Gasteiger partial charge in [0.25, 0.3) is 0 Å². The largest absolute Gasteiger partial charge is 0.339 e. The summed E-state index contributed by atoms with van der Waals surface area (Å²) in [4.78, 5) is 14.3. The average molecular weight is 328 g/mol. The van der Waals surface area contributed by atoms with Crippen molar-refractivity contribution >= 4 is 21.8 Å². The van der Waals surface area contributed by atoms with E-state index in [0.29, 0.717) is 18.2 Å². The van der Waals surface area contributed by atoms with Gasteiger partial charge in [0.2, 0.25) is 5.91 Å². The minimum Gasteiger partial charge on any atom is -0.339 e. The van der Waals surface area contributed by atoms with Crippen LogP contribution in [0.2, 0.25) is 0 Å². The summed E-state index contributed by atoms with van der Waals surface area (Å²) in [6.45, 7) is 0.706. The van der Waals surface area contributed by atoms with Crippen LogP contribution in [0.5, 0.6) is 0 Å². The van der Waals surface area contributed by atoms with Gasteiger partial charge >= 0.3 is 0 Å². The molecule has 0 aliphatic heterocycles. The van der Waals surface area contributed by atoms with Gasteiger partial charge < -0.3 is 4.90 Å². The molecule has 0 atom stereocenters. The number of halogens is 2. The number of benzene rings is 1. The van der Waals surface area contributed by atoms with Gasteiger partial charge in [0.15, 0.2) is 0 Å². The second-order valence-electron chi connectivity index (χ2n) is 4.98. The number of rotatable bonds is 5. The first kappa shape index (κ1) is 14.5. The highest BCUT2D eigenvalue weighted by atomic mass is 79.9. The van der Waals surface area contributed by atoms with Crippen molar-refractivity contribution in [1.29, 1.82) is 0 Å². The minimum absolute atomic E-state index is 0.0384. The lowest BCUT2D eigenvalue weighted by Gasteiger charge is -2.28. The molecule has 0 radical (unpaired) electrons. The van der Waals surface area contributed by atoms with E-state index in [2.05, 4.69) is 15.9 Å². The highest BCUT2D eigenvalue weighted by Gasteiger charge is 2.26. The summed E-state index contributed by atoms with van der Waals surface area (Å²) in [6.07, 6.45) is 4.70. The maximum absolute atomic E-state index is 13.6. The van der Waals surface area contributed by atoms with Gasteiger partial charge in [-0.05, 0) is 24.5 Å². The SMILES string of the molecule is O=C(Cc1ccccc1F)N(CCBr)C1CCCC1. The molecule has 1 saturated carbocycles. The Morgan fingerprint density at radius 1 is 1.32 bits per heavy atom. The predicted octanol–water partition coefficient (Wildman–Crippen LogP) is 3.53. The number of amides is 1. The maximum atomic E-state index is 13.6. The third-order valence-electron chi connectivity index (χ3n) is 3.71. The van der Waals surface area contributed by atoms with E-state index in [-0.39, 0.29) is 18.1 Å². The van der Waals surface area contributed by atoms with Crippen LogP contribution in [0, 0.1) is 5.82 Å². The van der Waals surface area contributed by atoms with Gasteiger partial charge in [-0.15, -0.1) is 0 Å². The fraction of sp³-hybridized carbons (Fsp3) is 0.533. The molecular weight excluding hydrogens is 309 g/mol. The highest BCUT2D eigenvalue weighted by Crippen LogP contribution is 2.24. The van der Waals surface area contributed by atoms with Crippen molar-refractivity contribution in [2.75, 3.05) is 11.9 Å². The van der Waals surface area contributed by atoms with E-state index >= 15 is 0 Å². The molecule has 0 aromatic heterocycles. The molecule has 0 unspecified atom stereocenters. The molecule has 0 heterocycles. The lowest BCUT2D eigenvalue weighted by molar-refractivity contribution is -0.132. The number of carbonyl (C=O) groups excluding carboxylic acids is 1. The molecule has 1 aromatic carbocycles.